The van der Waals surface area contributed by atoms with Crippen LogP contribution in [0.3, 0.4) is 0 Å². The number of rotatable bonds is 3. The van der Waals surface area contributed by atoms with Crippen LogP contribution in [-0.2, 0) is 0 Å². The fourth-order valence-corrected chi connectivity index (χ4v) is 3.88. The highest BCUT2D eigenvalue weighted by Crippen LogP contribution is 2.31. The molecular weight excluding hydrogens is 298 g/mol. The molecule has 1 aromatic rings. The predicted octanol–water partition coefficient (Wildman–Crippen LogP) is 2.15. The zero-order valence-corrected chi connectivity index (χ0v) is 12.8. The molecule has 1 saturated heterocycles. The molecule has 1 aromatic heterocycles. The Bertz CT molecular complexity index is 368. The lowest BCUT2D eigenvalue weighted by molar-refractivity contribution is 0.0752. The van der Waals surface area contributed by atoms with E-state index in [2.05, 4.69) is 51.8 Å². The summed E-state index contributed by atoms with van der Waals surface area (Å²) in [6.45, 7) is 6.32. The molecule has 5 heteroatoms. The maximum atomic E-state index is 5.96. The van der Waals surface area contributed by atoms with Crippen molar-refractivity contribution in [3.05, 3.63) is 20.8 Å². The van der Waals surface area contributed by atoms with Crippen molar-refractivity contribution in [2.24, 2.45) is 5.73 Å². The van der Waals surface area contributed by atoms with Crippen LogP contribution < -0.4 is 5.73 Å². The molecular formula is C12H20BrN3S. The van der Waals surface area contributed by atoms with Gasteiger partial charge >= 0.3 is 0 Å². The third-order valence-corrected chi connectivity index (χ3v) is 5.30. The van der Waals surface area contributed by atoms with E-state index < -0.39 is 0 Å². The van der Waals surface area contributed by atoms with Gasteiger partial charge in [-0.15, -0.1) is 11.3 Å². The lowest BCUT2D eigenvalue weighted by Crippen LogP contribution is -2.52. The second-order valence-electron chi connectivity index (χ2n) is 4.72. The molecule has 1 aliphatic heterocycles. The molecule has 0 saturated carbocycles. The van der Waals surface area contributed by atoms with Gasteiger partial charge in [-0.2, -0.15) is 0 Å². The Morgan fingerprint density at radius 3 is 2.82 bits per heavy atom. The lowest BCUT2D eigenvalue weighted by Gasteiger charge is -2.41. The summed E-state index contributed by atoms with van der Waals surface area (Å²) in [7, 11) is 2.20. The van der Waals surface area contributed by atoms with Gasteiger partial charge in [-0.05, 0) is 42.0 Å². The fourth-order valence-electron chi connectivity index (χ4n) is 2.31. The van der Waals surface area contributed by atoms with Gasteiger partial charge in [0.2, 0.25) is 0 Å². The molecule has 0 bridgehead atoms. The van der Waals surface area contributed by atoms with Crippen molar-refractivity contribution in [1.29, 1.82) is 0 Å². The molecule has 1 fully saturated rings. The molecule has 0 amide bonds. The second-order valence-corrected chi connectivity index (χ2v) is 7.21. The van der Waals surface area contributed by atoms with E-state index in [1.54, 1.807) is 11.3 Å². The van der Waals surface area contributed by atoms with Gasteiger partial charge in [0.1, 0.15) is 0 Å². The Morgan fingerprint density at radius 2 is 2.29 bits per heavy atom. The number of halogens is 1. The van der Waals surface area contributed by atoms with E-state index in [4.69, 9.17) is 5.73 Å². The zero-order valence-electron chi connectivity index (χ0n) is 10.4. The Labute approximate surface area is 116 Å². The van der Waals surface area contributed by atoms with Crippen LogP contribution in [0.4, 0.5) is 0 Å². The lowest BCUT2D eigenvalue weighted by atomic mass is 10.1. The normalized spacial score (nSPS) is 25.1. The van der Waals surface area contributed by atoms with Crippen molar-refractivity contribution in [2.45, 2.75) is 19.0 Å². The van der Waals surface area contributed by atoms with E-state index in [-0.39, 0.29) is 0 Å². The molecule has 96 valence electrons. The van der Waals surface area contributed by atoms with Crippen molar-refractivity contribution in [3.8, 4) is 0 Å². The molecule has 3 nitrogen and oxygen atoms in total. The van der Waals surface area contributed by atoms with Gasteiger partial charge in [-0.3, -0.25) is 4.90 Å². The van der Waals surface area contributed by atoms with Crippen LogP contribution in [0.1, 0.15) is 17.8 Å². The number of hydrogen-bond acceptors (Lipinski definition) is 4. The van der Waals surface area contributed by atoms with E-state index >= 15 is 0 Å². The maximum absolute atomic E-state index is 5.96. The summed E-state index contributed by atoms with van der Waals surface area (Å²) in [5.41, 5.74) is 5.96. The van der Waals surface area contributed by atoms with Gasteiger partial charge in [0, 0.05) is 37.1 Å². The van der Waals surface area contributed by atoms with E-state index in [0.717, 1.165) is 19.6 Å². The molecule has 2 atom stereocenters. The average molecular weight is 318 g/mol. The Balaban J connectivity index is 2.08. The minimum Gasteiger partial charge on any atom is -0.329 e. The largest absolute Gasteiger partial charge is 0.329 e. The molecule has 2 heterocycles. The van der Waals surface area contributed by atoms with Gasteiger partial charge in [0.25, 0.3) is 0 Å². The van der Waals surface area contributed by atoms with Gasteiger partial charge in [0.15, 0.2) is 0 Å². The smallest absolute Gasteiger partial charge is 0.0702 e. The molecule has 0 spiro atoms. The predicted molar refractivity (Wildman–Crippen MR) is 77.5 cm³/mol. The average Bonchev–Trinajstić information content (AvgIpc) is 2.71. The number of nitrogens with zero attached hydrogens (tertiary/aromatic N) is 2. The Kier molecular flexibility index (Phi) is 4.60. The zero-order chi connectivity index (χ0) is 12.4. The van der Waals surface area contributed by atoms with Crippen LogP contribution in [0.2, 0.25) is 0 Å². The maximum Gasteiger partial charge on any atom is 0.0702 e. The molecule has 0 aromatic carbocycles. The van der Waals surface area contributed by atoms with Crippen molar-refractivity contribution in [1.82, 2.24) is 9.80 Å². The molecule has 2 N–H and O–H groups in total. The second kappa shape index (κ2) is 5.80. The van der Waals surface area contributed by atoms with E-state index in [0.29, 0.717) is 18.6 Å². The van der Waals surface area contributed by atoms with Gasteiger partial charge in [-0.1, -0.05) is 0 Å². The summed E-state index contributed by atoms with van der Waals surface area (Å²) in [5, 5.41) is 0. The Hall–Kier alpha value is 0.0600. The van der Waals surface area contributed by atoms with Crippen molar-refractivity contribution in [2.75, 3.05) is 33.2 Å². The summed E-state index contributed by atoms with van der Waals surface area (Å²) < 4.78 is 1.19. The van der Waals surface area contributed by atoms with E-state index in [1.165, 1.54) is 8.66 Å². The summed E-state index contributed by atoms with van der Waals surface area (Å²) in [6.07, 6.45) is 0. The monoisotopic (exact) mass is 317 g/mol. The van der Waals surface area contributed by atoms with Gasteiger partial charge < -0.3 is 10.6 Å². The first kappa shape index (κ1) is 13.5. The Morgan fingerprint density at radius 1 is 1.53 bits per heavy atom. The minimum absolute atomic E-state index is 0.377. The summed E-state index contributed by atoms with van der Waals surface area (Å²) in [6, 6.07) is 5.29. The topological polar surface area (TPSA) is 32.5 Å². The summed E-state index contributed by atoms with van der Waals surface area (Å²) >= 11 is 5.32. The standard InChI is InChI=1S/C12H20BrN3S/c1-9-8-16(6-5-15(9)2)10(7-14)11-3-4-12(13)17-11/h3-4,9-10H,5-8,14H2,1-2H3. The molecule has 17 heavy (non-hydrogen) atoms. The van der Waals surface area contributed by atoms with E-state index in [9.17, 15) is 0 Å². The van der Waals surface area contributed by atoms with Crippen LogP contribution >= 0.6 is 27.3 Å². The highest BCUT2D eigenvalue weighted by molar-refractivity contribution is 9.11. The molecule has 0 radical (unpaired) electrons. The first-order valence-corrected chi connectivity index (χ1v) is 7.62. The highest BCUT2D eigenvalue weighted by Gasteiger charge is 2.27. The van der Waals surface area contributed by atoms with Crippen LogP contribution in [0.15, 0.2) is 15.9 Å². The van der Waals surface area contributed by atoms with Crippen molar-refractivity contribution in [3.63, 3.8) is 0 Å². The number of likely N-dealkylation sites (N-methyl/N-ethyl adjacent to an activating group) is 1. The number of nitrogens with two attached hydrogens (primary N) is 1. The molecule has 0 aliphatic carbocycles. The quantitative estimate of drug-likeness (QED) is 0.927. The third-order valence-electron chi connectivity index (χ3n) is 3.58. The van der Waals surface area contributed by atoms with Crippen molar-refractivity contribution < 1.29 is 0 Å². The van der Waals surface area contributed by atoms with Crippen LogP contribution in [0, 0.1) is 0 Å². The first-order valence-electron chi connectivity index (χ1n) is 6.01. The van der Waals surface area contributed by atoms with Crippen LogP contribution in [0.5, 0.6) is 0 Å². The number of hydrogen-bond donors (Lipinski definition) is 1. The van der Waals surface area contributed by atoms with Crippen molar-refractivity contribution >= 4 is 27.3 Å². The van der Waals surface area contributed by atoms with Crippen LogP contribution in [0.25, 0.3) is 0 Å². The first-order chi connectivity index (χ1) is 8.11. The van der Waals surface area contributed by atoms with Crippen LogP contribution in [-0.4, -0.2) is 49.1 Å². The summed E-state index contributed by atoms with van der Waals surface area (Å²) in [4.78, 5) is 6.30. The van der Waals surface area contributed by atoms with E-state index in [1.807, 2.05) is 0 Å². The SMILES string of the molecule is CC1CN(C(CN)c2ccc(Br)s2)CCN1C. The highest BCUT2D eigenvalue weighted by atomic mass is 79.9. The minimum atomic E-state index is 0.377. The molecule has 2 rings (SSSR count). The van der Waals surface area contributed by atoms with Gasteiger partial charge in [0.05, 0.1) is 9.83 Å². The molecule has 1 aliphatic rings. The number of thiophene rings is 1. The third kappa shape index (κ3) is 3.09. The number of piperazine rings is 1. The summed E-state index contributed by atoms with van der Waals surface area (Å²) in [5.74, 6) is 0. The molecule has 2 unspecified atom stereocenters. The van der Waals surface area contributed by atoms with Gasteiger partial charge in [-0.25, -0.2) is 0 Å². The fraction of sp³-hybridized carbons (Fsp3) is 0.667.